The molecule has 0 saturated carbocycles. The van der Waals surface area contributed by atoms with E-state index in [1.54, 1.807) is 0 Å². The van der Waals surface area contributed by atoms with Gasteiger partial charge in [0.15, 0.2) is 0 Å². The summed E-state index contributed by atoms with van der Waals surface area (Å²) in [4.78, 5) is 14.7. The highest BCUT2D eigenvalue weighted by Gasteiger charge is 2.33. The predicted molar refractivity (Wildman–Crippen MR) is 87.8 cm³/mol. The average molecular weight is 302 g/mol. The molecule has 120 valence electrons. The molecule has 1 aromatic carbocycles. The summed E-state index contributed by atoms with van der Waals surface area (Å²) in [7, 11) is 0. The Morgan fingerprint density at radius 1 is 1.32 bits per heavy atom. The first-order valence-corrected chi connectivity index (χ1v) is 8.28. The van der Waals surface area contributed by atoms with Crippen LogP contribution in [0.1, 0.15) is 38.7 Å². The van der Waals surface area contributed by atoms with Crippen LogP contribution in [-0.2, 0) is 11.2 Å². The fourth-order valence-corrected chi connectivity index (χ4v) is 3.73. The first kappa shape index (κ1) is 15.3. The van der Waals surface area contributed by atoms with E-state index in [1.807, 2.05) is 36.9 Å². The molecule has 4 heteroatoms. The number of hydrogen-bond acceptors (Lipinski definition) is 3. The van der Waals surface area contributed by atoms with Crippen LogP contribution < -0.4 is 5.32 Å². The molecular formula is C18H26N2O2. The minimum Gasteiger partial charge on any atom is -0.390 e. The second-order valence-electron chi connectivity index (χ2n) is 7.34. The van der Waals surface area contributed by atoms with E-state index in [0.717, 1.165) is 44.5 Å². The number of fused-ring (bicyclic) bond motifs is 1. The molecule has 1 aromatic rings. The van der Waals surface area contributed by atoms with Gasteiger partial charge >= 0.3 is 0 Å². The summed E-state index contributed by atoms with van der Waals surface area (Å²) in [5.74, 6) is 0.746. The number of piperidine rings is 1. The van der Waals surface area contributed by atoms with E-state index in [4.69, 9.17) is 0 Å². The molecule has 0 aliphatic carbocycles. The Morgan fingerprint density at radius 2 is 2.00 bits per heavy atom. The van der Waals surface area contributed by atoms with Crippen LogP contribution >= 0.6 is 0 Å². The normalized spacial score (nSPS) is 22.3. The van der Waals surface area contributed by atoms with Gasteiger partial charge in [0.05, 0.1) is 5.60 Å². The molecular weight excluding hydrogens is 276 g/mol. The van der Waals surface area contributed by atoms with Crippen LogP contribution in [0.3, 0.4) is 0 Å². The van der Waals surface area contributed by atoms with Crippen molar-refractivity contribution in [3.63, 3.8) is 0 Å². The Morgan fingerprint density at radius 3 is 2.64 bits per heavy atom. The smallest absolute Gasteiger partial charge is 0.245 e. The minimum atomic E-state index is -0.606. The fourth-order valence-electron chi connectivity index (χ4n) is 3.73. The predicted octanol–water partition coefficient (Wildman–Crippen LogP) is 2.42. The summed E-state index contributed by atoms with van der Waals surface area (Å²) < 4.78 is 0. The third kappa shape index (κ3) is 3.43. The molecule has 0 bridgehead atoms. The van der Waals surface area contributed by atoms with Crippen molar-refractivity contribution in [3.05, 3.63) is 29.8 Å². The standard InChI is InChI=1S/C18H26N2O2/c1-18(2,22)12-13-7-9-20(10-8-13)17(21)16-11-14-5-3-4-6-15(14)19-16/h3-6,13,16,19,22H,7-12H2,1-2H3. The molecule has 2 aliphatic heterocycles. The van der Waals surface area contributed by atoms with E-state index >= 15 is 0 Å². The number of benzene rings is 1. The number of likely N-dealkylation sites (tertiary alicyclic amines) is 1. The Bertz CT molecular complexity index is 517. The van der Waals surface area contributed by atoms with E-state index in [1.165, 1.54) is 5.56 Å². The van der Waals surface area contributed by atoms with E-state index in [9.17, 15) is 9.90 Å². The van der Waals surface area contributed by atoms with Gasteiger partial charge in [-0.2, -0.15) is 0 Å². The van der Waals surface area contributed by atoms with Gasteiger partial charge in [-0.3, -0.25) is 4.79 Å². The summed E-state index contributed by atoms with van der Waals surface area (Å²) in [5.41, 5.74) is 1.72. The number of anilines is 1. The largest absolute Gasteiger partial charge is 0.390 e. The van der Waals surface area contributed by atoms with Crippen LogP contribution in [0.15, 0.2) is 24.3 Å². The molecule has 1 amide bonds. The number of para-hydroxylation sites is 1. The molecule has 22 heavy (non-hydrogen) atoms. The van der Waals surface area contributed by atoms with Crippen molar-refractivity contribution < 1.29 is 9.90 Å². The molecule has 3 rings (SSSR count). The first-order valence-electron chi connectivity index (χ1n) is 8.28. The molecule has 1 saturated heterocycles. The number of carbonyl (C=O) groups excluding carboxylic acids is 1. The van der Waals surface area contributed by atoms with Crippen molar-refractivity contribution in [1.82, 2.24) is 4.90 Å². The number of rotatable bonds is 3. The van der Waals surface area contributed by atoms with Crippen LogP contribution in [0.2, 0.25) is 0 Å². The minimum absolute atomic E-state index is 0.108. The zero-order valence-corrected chi connectivity index (χ0v) is 13.5. The number of nitrogens with zero attached hydrogens (tertiary/aromatic N) is 1. The SMILES string of the molecule is CC(C)(O)CC1CCN(C(=O)C2Cc3ccccc3N2)CC1. The maximum Gasteiger partial charge on any atom is 0.245 e. The molecule has 4 nitrogen and oxygen atoms in total. The number of nitrogens with one attached hydrogen (secondary N) is 1. The molecule has 2 N–H and O–H groups in total. The van der Waals surface area contributed by atoms with Crippen LogP contribution in [0.25, 0.3) is 0 Å². The molecule has 0 aromatic heterocycles. The molecule has 1 atom stereocenters. The molecule has 0 spiro atoms. The maximum absolute atomic E-state index is 12.7. The van der Waals surface area contributed by atoms with Gasteiger partial charge < -0.3 is 15.3 Å². The number of aliphatic hydroxyl groups is 1. The molecule has 2 aliphatic rings. The monoisotopic (exact) mass is 302 g/mol. The zero-order valence-electron chi connectivity index (χ0n) is 13.5. The molecule has 0 radical (unpaired) electrons. The Balaban J connectivity index is 1.53. The topological polar surface area (TPSA) is 52.6 Å². The van der Waals surface area contributed by atoms with E-state index in [2.05, 4.69) is 11.4 Å². The van der Waals surface area contributed by atoms with Gasteiger partial charge in [-0.25, -0.2) is 0 Å². The van der Waals surface area contributed by atoms with Gasteiger partial charge in [-0.05, 0) is 50.7 Å². The van der Waals surface area contributed by atoms with Crippen LogP contribution in [0.5, 0.6) is 0 Å². The van der Waals surface area contributed by atoms with E-state index in [-0.39, 0.29) is 11.9 Å². The second kappa shape index (κ2) is 5.92. The lowest BCUT2D eigenvalue weighted by Crippen LogP contribution is -2.46. The number of amides is 1. The second-order valence-corrected chi connectivity index (χ2v) is 7.34. The van der Waals surface area contributed by atoms with Gasteiger partial charge in [-0.15, -0.1) is 0 Å². The molecule has 1 unspecified atom stereocenters. The first-order chi connectivity index (χ1) is 10.4. The summed E-state index contributed by atoms with van der Waals surface area (Å²) >= 11 is 0. The third-order valence-corrected chi connectivity index (χ3v) is 4.78. The van der Waals surface area contributed by atoms with Crippen LogP contribution in [-0.4, -0.2) is 40.6 Å². The van der Waals surface area contributed by atoms with Gasteiger partial charge in [0, 0.05) is 25.2 Å². The van der Waals surface area contributed by atoms with Crippen LogP contribution in [0, 0.1) is 5.92 Å². The van der Waals surface area contributed by atoms with Crippen LogP contribution in [0.4, 0.5) is 5.69 Å². The average Bonchev–Trinajstić information content (AvgIpc) is 2.89. The Labute approximate surface area is 132 Å². The highest BCUT2D eigenvalue weighted by atomic mass is 16.3. The quantitative estimate of drug-likeness (QED) is 0.901. The van der Waals surface area contributed by atoms with E-state index < -0.39 is 5.60 Å². The van der Waals surface area contributed by atoms with Gasteiger partial charge in [0.25, 0.3) is 0 Å². The lowest BCUT2D eigenvalue weighted by Gasteiger charge is -2.35. The fraction of sp³-hybridized carbons (Fsp3) is 0.611. The highest BCUT2D eigenvalue weighted by molar-refractivity contribution is 5.87. The van der Waals surface area contributed by atoms with Gasteiger partial charge in [-0.1, -0.05) is 18.2 Å². The lowest BCUT2D eigenvalue weighted by molar-refractivity contribution is -0.133. The maximum atomic E-state index is 12.7. The van der Waals surface area contributed by atoms with Crippen molar-refractivity contribution >= 4 is 11.6 Å². The highest BCUT2D eigenvalue weighted by Crippen LogP contribution is 2.29. The van der Waals surface area contributed by atoms with Crippen molar-refractivity contribution in [2.45, 2.75) is 51.2 Å². The third-order valence-electron chi connectivity index (χ3n) is 4.78. The Kier molecular flexibility index (Phi) is 4.13. The van der Waals surface area contributed by atoms with E-state index in [0.29, 0.717) is 5.92 Å². The Hall–Kier alpha value is -1.55. The summed E-state index contributed by atoms with van der Waals surface area (Å²) in [6, 6.07) is 8.04. The van der Waals surface area contributed by atoms with Gasteiger partial charge in [0.2, 0.25) is 5.91 Å². The number of hydrogen-bond donors (Lipinski definition) is 2. The van der Waals surface area contributed by atoms with Crippen molar-refractivity contribution in [2.75, 3.05) is 18.4 Å². The molecule has 2 heterocycles. The zero-order chi connectivity index (χ0) is 15.7. The van der Waals surface area contributed by atoms with Gasteiger partial charge in [0.1, 0.15) is 6.04 Å². The summed E-state index contributed by atoms with van der Waals surface area (Å²) in [6.07, 6.45) is 3.60. The van der Waals surface area contributed by atoms with Crippen molar-refractivity contribution in [2.24, 2.45) is 5.92 Å². The number of carbonyl (C=O) groups is 1. The summed E-state index contributed by atoms with van der Waals surface area (Å²) in [6.45, 7) is 5.36. The van der Waals surface area contributed by atoms with Crippen molar-refractivity contribution in [1.29, 1.82) is 0 Å². The van der Waals surface area contributed by atoms with Crippen molar-refractivity contribution in [3.8, 4) is 0 Å². The summed E-state index contributed by atoms with van der Waals surface area (Å²) in [5, 5.41) is 13.3. The lowest BCUT2D eigenvalue weighted by atomic mass is 9.86. The molecule has 1 fully saturated rings.